The maximum Gasteiger partial charge on any atom is 0.434 e. The average Bonchev–Trinajstić information content (AvgIpc) is 2.15. The van der Waals surface area contributed by atoms with E-state index < -0.39 is 17.4 Å². The highest BCUT2D eigenvalue weighted by atomic mass is 19.4. The van der Waals surface area contributed by atoms with Gasteiger partial charge in [0.1, 0.15) is 5.75 Å². The molecule has 0 unspecified atom stereocenters. The lowest BCUT2D eigenvalue weighted by Crippen LogP contribution is -2.12. The number of hydrogen-bond donors (Lipinski definition) is 0. The van der Waals surface area contributed by atoms with Gasteiger partial charge >= 0.3 is 6.18 Å². The molecule has 1 aromatic rings. The molecule has 3 nitrogen and oxygen atoms in total. The van der Waals surface area contributed by atoms with E-state index in [-0.39, 0.29) is 12.0 Å². The molecule has 1 heterocycles. The Balaban J connectivity index is 3.37. The van der Waals surface area contributed by atoms with Crippen LogP contribution >= 0.6 is 0 Å². The van der Waals surface area contributed by atoms with Crippen LogP contribution in [0.25, 0.3) is 0 Å². The van der Waals surface area contributed by atoms with Gasteiger partial charge in [-0.05, 0) is 6.07 Å². The van der Waals surface area contributed by atoms with Crippen molar-refractivity contribution in [1.29, 1.82) is 0 Å². The molecular weight excluding hydrogens is 199 g/mol. The Kier molecular flexibility index (Phi) is 2.73. The van der Waals surface area contributed by atoms with Gasteiger partial charge in [-0.15, -0.1) is 0 Å². The Bertz CT molecular complexity index is 349. The van der Waals surface area contributed by atoms with Crippen LogP contribution in [0.1, 0.15) is 16.1 Å². The van der Waals surface area contributed by atoms with Gasteiger partial charge in [-0.3, -0.25) is 9.78 Å². The molecule has 1 rings (SSSR count). The largest absolute Gasteiger partial charge is 0.496 e. The summed E-state index contributed by atoms with van der Waals surface area (Å²) in [5, 5.41) is 0. The molecule has 0 amide bonds. The van der Waals surface area contributed by atoms with Gasteiger partial charge < -0.3 is 4.74 Å². The van der Waals surface area contributed by atoms with Gasteiger partial charge in [0.15, 0.2) is 12.0 Å². The van der Waals surface area contributed by atoms with Crippen molar-refractivity contribution < 1.29 is 22.7 Å². The third-order valence-electron chi connectivity index (χ3n) is 1.56. The summed E-state index contributed by atoms with van der Waals surface area (Å²) in [5.74, 6) is -0.137. The van der Waals surface area contributed by atoms with Crippen LogP contribution in [-0.4, -0.2) is 18.4 Å². The number of halogens is 3. The molecule has 0 aliphatic carbocycles. The number of hydrogen-bond acceptors (Lipinski definition) is 3. The number of carbonyl (C=O) groups excluding carboxylic acids is 1. The van der Waals surface area contributed by atoms with Gasteiger partial charge in [0, 0.05) is 6.20 Å². The van der Waals surface area contributed by atoms with Gasteiger partial charge in [0.25, 0.3) is 0 Å². The average molecular weight is 205 g/mol. The van der Waals surface area contributed by atoms with E-state index in [1.807, 2.05) is 0 Å². The zero-order valence-corrected chi connectivity index (χ0v) is 7.13. The molecule has 0 fully saturated rings. The van der Waals surface area contributed by atoms with Crippen molar-refractivity contribution in [3.63, 3.8) is 0 Å². The third kappa shape index (κ3) is 1.84. The Morgan fingerprint density at radius 1 is 1.50 bits per heavy atom. The molecule has 0 bridgehead atoms. The zero-order valence-electron chi connectivity index (χ0n) is 7.13. The van der Waals surface area contributed by atoms with Crippen LogP contribution in [-0.2, 0) is 6.18 Å². The molecule has 76 valence electrons. The van der Waals surface area contributed by atoms with Crippen LogP contribution in [0.4, 0.5) is 13.2 Å². The minimum absolute atomic E-state index is 0.0780. The zero-order chi connectivity index (χ0) is 10.8. The highest BCUT2D eigenvalue weighted by Gasteiger charge is 2.36. The first kappa shape index (κ1) is 10.5. The Hall–Kier alpha value is -1.59. The number of alkyl halides is 3. The highest BCUT2D eigenvalue weighted by Crippen LogP contribution is 2.32. The lowest BCUT2D eigenvalue weighted by atomic mass is 10.2. The Morgan fingerprint density at radius 2 is 2.14 bits per heavy atom. The predicted octanol–water partition coefficient (Wildman–Crippen LogP) is 1.92. The number of methoxy groups -OCH3 is 1. The molecule has 6 heteroatoms. The van der Waals surface area contributed by atoms with Crippen molar-refractivity contribution >= 4 is 6.29 Å². The number of rotatable bonds is 2. The molecule has 0 aromatic carbocycles. The monoisotopic (exact) mass is 205 g/mol. The van der Waals surface area contributed by atoms with E-state index >= 15 is 0 Å². The first-order valence-electron chi connectivity index (χ1n) is 3.56. The standard InChI is InChI=1S/C8H6F3NO2/c1-14-6-2-3-12-7(5(6)4-13)8(9,10)11/h2-4H,1H3. The molecule has 0 aliphatic rings. The van der Waals surface area contributed by atoms with Crippen LogP contribution in [0.2, 0.25) is 0 Å². The van der Waals surface area contributed by atoms with Crippen LogP contribution in [0.15, 0.2) is 12.3 Å². The second-order valence-electron chi connectivity index (χ2n) is 2.39. The van der Waals surface area contributed by atoms with Gasteiger partial charge in [-0.25, -0.2) is 0 Å². The molecule has 0 saturated carbocycles. The van der Waals surface area contributed by atoms with E-state index in [1.54, 1.807) is 0 Å². The molecule has 0 radical (unpaired) electrons. The van der Waals surface area contributed by atoms with Crippen molar-refractivity contribution in [2.24, 2.45) is 0 Å². The van der Waals surface area contributed by atoms with E-state index in [1.165, 1.54) is 13.2 Å². The highest BCUT2D eigenvalue weighted by molar-refractivity contribution is 5.81. The summed E-state index contributed by atoms with van der Waals surface area (Å²) in [6, 6.07) is 1.19. The second kappa shape index (κ2) is 3.65. The molecule has 0 spiro atoms. The summed E-state index contributed by atoms with van der Waals surface area (Å²) in [5.41, 5.74) is -1.81. The number of pyridine rings is 1. The second-order valence-corrected chi connectivity index (χ2v) is 2.39. The number of carbonyl (C=O) groups is 1. The fourth-order valence-corrected chi connectivity index (χ4v) is 0.973. The SMILES string of the molecule is COc1ccnc(C(F)(F)F)c1C=O. The number of ether oxygens (including phenoxy) is 1. The predicted molar refractivity (Wildman–Crippen MR) is 41.2 cm³/mol. The van der Waals surface area contributed by atoms with Crippen LogP contribution in [0, 0.1) is 0 Å². The van der Waals surface area contributed by atoms with E-state index in [2.05, 4.69) is 9.72 Å². The van der Waals surface area contributed by atoms with Crippen LogP contribution in [0.5, 0.6) is 5.75 Å². The van der Waals surface area contributed by atoms with E-state index in [4.69, 9.17) is 0 Å². The van der Waals surface area contributed by atoms with E-state index in [0.29, 0.717) is 0 Å². The van der Waals surface area contributed by atoms with Crippen LogP contribution < -0.4 is 4.74 Å². The Labute approximate surface area is 77.5 Å². The molecule has 0 N–H and O–H groups in total. The number of aromatic nitrogens is 1. The fraction of sp³-hybridized carbons (Fsp3) is 0.250. The quantitative estimate of drug-likeness (QED) is 0.692. The maximum absolute atomic E-state index is 12.3. The first-order chi connectivity index (χ1) is 6.50. The summed E-state index contributed by atoms with van der Waals surface area (Å²) in [7, 11) is 1.18. The maximum atomic E-state index is 12.3. The molecular formula is C8H6F3NO2. The first-order valence-corrected chi connectivity index (χ1v) is 3.56. The lowest BCUT2D eigenvalue weighted by molar-refractivity contribution is -0.141. The van der Waals surface area contributed by atoms with Gasteiger partial charge in [0.2, 0.25) is 0 Å². The Morgan fingerprint density at radius 3 is 2.57 bits per heavy atom. The summed E-state index contributed by atoms with van der Waals surface area (Å²) < 4.78 is 41.4. The van der Waals surface area contributed by atoms with E-state index in [0.717, 1.165) is 6.20 Å². The minimum Gasteiger partial charge on any atom is -0.496 e. The van der Waals surface area contributed by atoms with Crippen molar-refractivity contribution in [3.05, 3.63) is 23.5 Å². The fourth-order valence-electron chi connectivity index (χ4n) is 0.973. The normalized spacial score (nSPS) is 11.1. The molecule has 14 heavy (non-hydrogen) atoms. The summed E-state index contributed by atoms with van der Waals surface area (Å²) in [6.45, 7) is 0. The van der Waals surface area contributed by atoms with Gasteiger partial charge in [0.05, 0.1) is 12.7 Å². The summed E-state index contributed by atoms with van der Waals surface area (Å²) >= 11 is 0. The smallest absolute Gasteiger partial charge is 0.434 e. The van der Waals surface area contributed by atoms with Gasteiger partial charge in [-0.2, -0.15) is 13.2 Å². The lowest BCUT2D eigenvalue weighted by Gasteiger charge is -2.10. The number of nitrogens with zero attached hydrogens (tertiary/aromatic N) is 1. The van der Waals surface area contributed by atoms with Crippen molar-refractivity contribution in [1.82, 2.24) is 4.98 Å². The third-order valence-corrected chi connectivity index (χ3v) is 1.56. The summed E-state index contributed by atoms with van der Waals surface area (Å²) in [6.07, 6.45) is -3.63. The summed E-state index contributed by atoms with van der Waals surface area (Å²) in [4.78, 5) is 13.5. The van der Waals surface area contributed by atoms with Gasteiger partial charge in [-0.1, -0.05) is 0 Å². The number of aldehydes is 1. The van der Waals surface area contributed by atoms with E-state index in [9.17, 15) is 18.0 Å². The molecule has 1 aromatic heterocycles. The minimum atomic E-state index is -4.65. The van der Waals surface area contributed by atoms with Crippen molar-refractivity contribution in [2.45, 2.75) is 6.18 Å². The topological polar surface area (TPSA) is 39.2 Å². The van der Waals surface area contributed by atoms with Crippen LogP contribution in [0.3, 0.4) is 0 Å². The molecule has 0 saturated heterocycles. The molecule has 0 atom stereocenters. The molecule has 0 aliphatic heterocycles. The van der Waals surface area contributed by atoms with Crippen molar-refractivity contribution in [3.8, 4) is 5.75 Å². The van der Waals surface area contributed by atoms with Crippen molar-refractivity contribution in [2.75, 3.05) is 7.11 Å².